The summed E-state index contributed by atoms with van der Waals surface area (Å²) in [5, 5.41) is 10.4. The normalized spacial score (nSPS) is 22.9. The number of hydrogen-bond donors (Lipinski definition) is 3. The predicted octanol–water partition coefficient (Wildman–Crippen LogP) is 1.86. The molecule has 3 aliphatic rings. The van der Waals surface area contributed by atoms with E-state index in [4.69, 9.17) is 10.5 Å². The largest absolute Gasteiger partial charge is 0.493 e. The van der Waals surface area contributed by atoms with Crippen LogP contribution in [0.25, 0.3) is 11.4 Å². The summed E-state index contributed by atoms with van der Waals surface area (Å²) in [6.07, 6.45) is 13.7. The van der Waals surface area contributed by atoms with Gasteiger partial charge in [0.25, 0.3) is 10.0 Å². The van der Waals surface area contributed by atoms with Crippen LogP contribution in [0.15, 0.2) is 60.0 Å². The third kappa shape index (κ3) is 4.32. The van der Waals surface area contributed by atoms with Crippen molar-refractivity contribution in [1.29, 1.82) is 0 Å². The molecule has 4 heterocycles. The lowest BCUT2D eigenvalue weighted by Crippen LogP contribution is -2.50. The molecule has 1 atom stereocenters. The van der Waals surface area contributed by atoms with Gasteiger partial charge in [-0.25, -0.2) is 18.4 Å². The molecule has 5 rings (SSSR count). The predicted molar refractivity (Wildman–Crippen MR) is 127 cm³/mol. The molecule has 10 nitrogen and oxygen atoms in total. The van der Waals surface area contributed by atoms with Crippen molar-refractivity contribution in [2.45, 2.75) is 56.5 Å². The molecule has 4 N–H and O–H groups in total. The van der Waals surface area contributed by atoms with Gasteiger partial charge in [0.2, 0.25) is 0 Å². The molecule has 11 heteroatoms. The van der Waals surface area contributed by atoms with Crippen LogP contribution in [0.3, 0.4) is 0 Å². The van der Waals surface area contributed by atoms with Gasteiger partial charge < -0.3 is 21.1 Å². The molecule has 0 aromatic carbocycles. The average molecular weight is 484 g/mol. The highest BCUT2D eigenvalue weighted by atomic mass is 32.2. The highest BCUT2D eigenvalue weighted by Gasteiger charge is 2.38. The lowest BCUT2D eigenvalue weighted by molar-refractivity contribution is 0.201. The number of hydrogen-bond acceptors (Lipinski definition) is 9. The van der Waals surface area contributed by atoms with Gasteiger partial charge in [0.15, 0.2) is 11.5 Å². The number of allylic oxidation sites excluding steroid dienone is 1. The first kappa shape index (κ1) is 22.6. The van der Waals surface area contributed by atoms with Crippen LogP contribution in [0.4, 0.5) is 0 Å². The Hall–Kier alpha value is -3.18. The molecule has 1 saturated carbocycles. The zero-order valence-corrected chi connectivity index (χ0v) is 20.0. The Balaban J connectivity index is 1.46. The first-order valence-corrected chi connectivity index (χ1v) is 13.0. The smallest absolute Gasteiger partial charge is 0.256 e. The molecule has 1 unspecified atom stereocenters. The summed E-state index contributed by atoms with van der Waals surface area (Å²) in [4.78, 5) is 8.98. The minimum atomic E-state index is -3.46. The van der Waals surface area contributed by atoms with E-state index in [1.807, 2.05) is 12.3 Å². The zero-order chi connectivity index (χ0) is 23.9. The van der Waals surface area contributed by atoms with Gasteiger partial charge in [0.1, 0.15) is 5.76 Å². The Morgan fingerprint density at radius 3 is 2.88 bits per heavy atom. The maximum absolute atomic E-state index is 12.5. The quantitative estimate of drug-likeness (QED) is 0.539. The summed E-state index contributed by atoms with van der Waals surface area (Å²) < 4.78 is 31.9. The average Bonchev–Trinajstić information content (AvgIpc) is 3.57. The third-order valence-electron chi connectivity index (χ3n) is 5.87. The zero-order valence-electron chi connectivity index (χ0n) is 19.2. The van der Waals surface area contributed by atoms with Gasteiger partial charge in [-0.3, -0.25) is 0 Å². The third-order valence-corrected chi connectivity index (χ3v) is 7.90. The summed E-state index contributed by atoms with van der Waals surface area (Å²) in [6, 6.07) is 1.92. The van der Waals surface area contributed by atoms with E-state index in [9.17, 15) is 8.42 Å². The van der Waals surface area contributed by atoms with Gasteiger partial charge >= 0.3 is 0 Å². The van der Waals surface area contributed by atoms with Gasteiger partial charge in [-0.1, -0.05) is 0 Å². The van der Waals surface area contributed by atoms with Gasteiger partial charge in [0.05, 0.1) is 41.1 Å². The number of nitrogens with one attached hydrogen (secondary N) is 2. The molecule has 0 spiro atoms. The maximum atomic E-state index is 12.5. The van der Waals surface area contributed by atoms with E-state index in [-0.39, 0.29) is 11.3 Å². The number of aromatic nitrogens is 4. The van der Waals surface area contributed by atoms with Crippen molar-refractivity contribution >= 4 is 10.0 Å². The molecule has 1 fully saturated rings. The lowest BCUT2D eigenvalue weighted by Gasteiger charge is -2.34. The van der Waals surface area contributed by atoms with E-state index in [1.165, 1.54) is 12.4 Å². The molecule has 0 amide bonds. The number of rotatable bonds is 7. The van der Waals surface area contributed by atoms with Crippen LogP contribution in [0.5, 0.6) is 0 Å². The molecule has 0 radical (unpaired) electrons. The Morgan fingerprint density at radius 2 is 2.18 bits per heavy atom. The van der Waals surface area contributed by atoms with E-state index < -0.39 is 15.7 Å². The van der Waals surface area contributed by atoms with Gasteiger partial charge in [-0.05, 0) is 57.7 Å². The molecule has 1 aliphatic carbocycles. The number of nitrogens with two attached hydrogens (primary N) is 1. The molecule has 2 aromatic heterocycles. The molecular weight excluding hydrogens is 454 g/mol. The van der Waals surface area contributed by atoms with Gasteiger partial charge in [-0.15, -0.1) is 0 Å². The fourth-order valence-electron chi connectivity index (χ4n) is 3.95. The standard InChI is InChI=1S/C23H29N7O3S/c1-15(2)28-19-11-23(24,26-13-18(19)20-5-3-4-10-33-20)21-8-9-25-22(29-21)16-12-27-30(14-16)34(31,32)17-6-7-17/h5,8-9,11-15,17,26,28H,3-4,6-7,10,24H2,1-2H3. The van der Waals surface area contributed by atoms with Crippen molar-refractivity contribution in [3.05, 3.63) is 65.7 Å². The van der Waals surface area contributed by atoms with Gasteiger partial charge in [0, 0.05) is 24.1 Å². The molecule has 34 heavy (non-hydrogen) atoms. The number of dihydropyridines is 1. The lowest BCUT2D eigenvalue weighted by atomic mass is 9.96. The van der Waals surface area contributed by atoms with Crippen molar-refractivity contribution < 1.29 is 13.2 Å². The monoisotopic (exact) mass is 483 g/mol. The minimum Gasteiger partial charge on any atom is -0.493 e. The second kappa shape index (κ2) is 8.55. The summed E-state index contributed by atoms with van der Waals surface area (Å²) in [6.45, 7) is 4.81. The van der Waals surface area contributed by atoms with Gasteiger partial charge in [-0.2, -0.15) is 9.19 Å². The van der Waals surface area contributed by atoms with Crippen molar-refractivity contribution in [3.63, 3.8) is 0 Å². The van der Waals surface area contributed by atoms with Crippen LogP contribution >= 0.6 is 0 Å². The second-order valence-electron chi connectivity index (χ2n) is 9.10. The molecule has 2 aliphatic heterocycles. The van der Waals surface area contributed by atoms with Crippen molar-refractivity contribution in [3.8, 4) is 11.4 Å². The Bertz CT molecular complexity index is 1290. The second-order valence-corrected chi connectivity index (χ2v) is 11.2. The van der Waals surface area contributed by atoms with E-state index in [1.54, 1.807) is 12.3 Å². The maximum Gasteiger partial charge on any atom is 0.256 e. The highest BCUT2D eigenvalue weighted by Crippen LogP contribution is 2.32. The SMILES string of the molecule is CC(C)NC1=CC(N)(c2ccnc(-c3cnn(S(=O)(=O)C4CC4)c3)n2)NC=C1C1=CCCCO1. The molecule has 180 valence electrons. The van der Waals surface area contributed by atoms with E-state index in [0.29, 0.717) is 36.5 Å². The summed E-state index contributed by atoms with van der Waals surface area (Å²) in [5.74, 6) is 1.18. The van der Waals surface area contributed by atoms with Crippen LogP contribution in [-0.4, -0.2) is 45.5 Å². The van der Waals surface area contributed by atoms with E-state index in [0.717, 1.165) is 34.0 Å². The molecule has 0 saturated heterocycles. The molecule has 0 bridgehead atoms. The van der Waals surface area contributed by atoms with Crippen LogP contribution in [0.1, 0.15) is 45.2 Å². The number of nitrogens with zero attached hydrogens (tertiary/aromatic N) is 4. The van der Waals surface area contributed by atoms with E-state index in [2.05, 4.69) is 45.6 Å². The highest BCUT2D eigenvalue weighted by molar-refractivity contribution is 7.90. The molecule has 2 aromatic rings. The van der Waals surface area contributed by atoms with Crippen molar-refractivity contribution in [2.75, 3.05) is 6.61 Å². The van der Waals surface area contributed by atoms with Crippen LogP contribution in [-0.2, 0) is 20.4 Å². The Morgan fingerprint density at radius 1 is 1.35 bits per heavy atom. The summed E-state index contributed by atoms with van der Waals surface area (Å²) in [5.41, 5.74) is 8.47. The molecular formula is C23H29N7O3S. The fraction of sp³-hybridized carbons (Fsp3) is 0.435. The van der Waals surface area contributed by atoms with Crippen molar-refractivity contribution in [1.82, 2.24) is 29.8 Å². The topological polar surface area (TPSA) is 137 Å². The minimum absolute atomic E-state index is 0.182. The van der Waals surface area contributed by atoms with Crippen LogP contribution in [0.2, 0.25) is 0 Å². The number of ether oxygens (including phenoxy) is 1. The Kier molecular flexibility index (Phi) is 5.68. The first-order chi connectivity index (χ1) is 16.3. The summed E-state index contributed by atoms with van der Waals surface area (Å²) >= 11 is 0. The van der Waals surface area contributed by atoms with E-state index >= 15 is 0 Å². The van der Waals surface area contributed by atoms with Crippen molar-refractivity contribution in [2.24, 2.45) is 5.73 Å². The fourth-order valence-corrected chi connectivity index (χ4v) is 5.43. The summed E-state index contributed by atoms with van der Waals surface area (Å²) in [7, 11) is -3.46. The van der Waals surface area contributed by atoms with Crippen LogP contribution in [0, 0.1) is 0 Å². The first-order valence-electron chi connectivity index (χ1n) is 11.5. The van der Waals surface area contributed by atoms with Crippen LogP contribution < -0.4 is 16.4 Å². The Labute approximate surface area is 199 Å².